The van der Waals surface area contributed by atoms with Crippen molar-refractivity contribution in [1.29, 1.82) is 0 Å². The predicted molar refractivity (Wildman–Crippen MR) is 204 cm³/mol. The van der Waals surface area contributed by atoms with Crippen molar-refractivity contribution in [3.8, 4) is 0 Å². The number of aliphatic hydroxyl groups excluding tert-OH is 2. The highest BCUT2D eigenvalue weighted by Gasteiger charge is 2.24. The van der Waals surface area contributed by atoms with Gasteiger partial charge < -0.3 is 20.3 Å². The smallest absolute Gasteiger partial charge is 0.306 e. The van der Waals surface area contributed by atoms with Crippen LogP contribution < -0.4 is 5.32 Å². The van der Waals surface area contributed by atoms with Crippen LogP contribution in [0.3, 0.4) is 0 Å². The first kappa shape index (κ1) is 46.1. The van der Waals surface area contributed by atoms with Crippen LogP contribution in [-0.2, 0) is 14.3 Å². The van der Waals surface area contributed by atoms with Crippen LogP contribution in [0.1, 0.15) is 194 Å². The molecule has 0 aromatic heterocycles. The molecule has 0 aromatic rings. The Kier molecular flexibility index (Phi) is 34.9. The van der Waals surface area contributed by atoms with E-state index in [1.165, 1.54) is 77.0 Å². The molecule has 0 aromatic carbocycles. The number of ether oxygens (including phenoxy) is 1. The van der Waals surface area contributed by atoms with Gasteiger partial charge in [-0.25, -0.2) is 0 Å². The molecule has 0 spiro atoms. The molecule has 3 N–H and O–H groups in total. The summed E-state index contributed by atoms with van der Waals surface area (Å²) in [5.41, 5.74) is 0. The van der Waals surface area contributed by atoms with Gasteiger partial charge in [0, 0.05) is 6.42 Å². The molecule has 48 heavy (non-hydrogen) atoms. The molecule has 1 amide bonds. The highest BCUT2D eigenvalue weighted by atomic mass is 16.5. The number of amides is 1. The van der Waals surface area contributed by atoms with E-state index < -0.39 is 18.2 Å². The van der Waals surface area contributed by atoms with Gasteiger partial charge in [0.2, 0.25) is 5.91 Å². The number of hydrogen-bond acceptors (Lipinski definition) is 5. The van der Waals surface area contributed by atoms with E-state index in [2.05, 4.69) is 50.4 Å². The third kappa shape index (κ3) is 31.4. The van der Waals surface area contributed by atoms with Crippen molar-refractivity contribution in [3.05, 3.63) is 36.5 Å². The van der Waals surface area contributed by atoms with Crippen molar-refractivity contribution in [2.24, 2.45) is 0 Å². The number of carbonyl (C=O) groups excluding carboxylic acids is 2. The first-order valence-corrected chi connectivity index (χ1v) is 20.2. The van der Waals surface area contributed by atoms with Gasteiger partial charge in [-0.15, -0.1) is 0 Å². The zero-order chi connectivity index (χ0) is 35.3. The van der Waals surface area contributed by atoms with E-state index in [9.17, 15) is 19.8 Å². The Labute approximate surface area is 296 Å². The second-order valence-corrected chi connectivity index (χ2v) is 13.7. The van der Waals surface area contributed by atoms with Gasteiger partial charge >= 0.3 is 5.97 Å². The molecular formula is C42H77NO5. The fourth-order valence-corrected chi connectivity index (χ4v) is 5.96. The van der Waals surface area contributed by atoms with Crippen molar-refractivity contribution in [1.82, 2.24) is 5.32 Å². The molecule has 0 radical (unpaired) electrons. The normalized spacial score (nSPS) is 13.9. The maximum absolute atomic E-state index is 13.0. The van der Waals surface area contributed by atoms with Gasteiger partial charge in [0.1, 0.15) is 6.10 Å². The second kappa shape index (κ2) is 36.4. The number of rotatable bonds is 35. The number of carbonyl (C=O) groups is 2. The fraction of sp³-hybridized carbons (Fsp3) is 0.810. The van der Waals surface area contributed by atoms with Crippen LogP contribution in [0.5, 0.6) is 0 Å². The van der Waals surface area contributed by atoms with Crippen molar-refractivity contribution in [3.63, 3.8) is 0 Å². The quantitative estimate of drug-likeness (QED) is 0.0353. The van der Waals surface area contributed by atoms with Gasteiger partial charge in [0.15, 0.2) is 0 Å². The van der Waals surface area contributed by atoms with Crippen molar-refractivity contribution in [2.45, 2.75) is 212 Å². The first-order chi connectivity index (χ1) is 23.5. The molecule has 0 aliphatic heterocycles. The van der Waals surface area contributed by atoms with E-state index in [4.69, 9.17) is 4.74 Å². The topological polar surface area (TPSA) is 95.9 Å². The summed E-state index contributed by atoms with van der Waals surface area (Å²) < 4.78 is 5.84. The Bertz CT molecular complexity index is 808. The molecule has 0 aliphatic carbocycles. The third-order valence-corrected chi connectivity index (χ3v) is 9.04. The monoisotopic (exact) mass is 676 g/mol. The Morgan fingerprint density at radius 2 is 1.12 bits per heavy atom. The SMILES string of the molecule is CC/C=C/C=C/C=C\CCCCCC(CC(=O)NC(CO)C(O)CCCCCCCCCCC)OC(=O)CCCCCCCCCCC. The standard InChI is InChI=1S/C42H77NO5/c1-4-7-10-13-16-19-20-23-24-27-30-33-38(48-42(47)35-32-29-26-22-18-15-12-9-6-3)36-41(46)43-39(37-44)40(45)34-31-28-25-21-17-14-11-8-5-2/h7,10,13,16,19-20,38-40,44-45H,4-6,8-9,11-12,14-15,17-18,21-37H2,1-3H3,(H,43,46)/b10-7+,16-13+,20-19-. The minimum Gasteiger partial charge on any atom is -0.462 e. The van der Waals surface area contributed by atoms with Gasteiger partial charge in [-0.05, 0) is 44.9 Å². The molecule has 0 fully saturated rings. The number of esters is 1. The molecule has 0 saturated heterocycles. The lowest BCUT2D eigenvalue weighted by Gasteiger charge is -2.24. The van der Waals surface area contributed by atoms with E-state index in [-0.39, 0.29) is 24.9 Å². The summed E-state index contributed by atoms with van der Waals surface area (Å²) in [7, 11) is 0. The Morgan fingerprint density at radius 3 is 1.69 bits per heavy atom. The molecule has 6 nitrogen and oxygen atoms in total. The summed E-state index contributed by atoms with van der Waals surface area (Å²) in [5, 5.41) is 23.4. The summed E-state index contributed by atoms with van der Waals surface area (Å²) in [5.74, 6) is -0.514. The molecule has 0 bridgehead atoms. The van der Waals surface area contributed by atoms with Crippen LogP contribution in [0.2, 0.25) is 0 Å². The largest absolute Gasteiger partial charge is 0.462 e. The van der Waals surface area contributed by atoms with Crippen LogP contribution in [0.15, 0.2) is 36.5 Å². The highest BCUT2D eigenvalue weighted by molar-refractivity contribution is 5.77. The van der Waals surface area contributed by atoms with Crippen molar-refractivity contribution >= 4 is 11.9 Å². The zero-order valence-electron chi connectivity index (χ0n) is 31.6. The second-order valence-electron chi connectivity index (χ2n) is 13.7. The van der Waals surface area contributed by atoms with E-state index in [0.717, 1.165) is 70.6 Å². The molecule has 0 saturated carbocycles. The zero-order valence-corrected chi connectivity index (χ0v) is 31.6. The number of nitrogens with one attached hydrogen (secondary N) is 1. The van der Waals surface area contributed by atoms with E-state index in [1.807, 2.05) is 12.2 Å². The predicted octanol–water partition coefficient (Wildman–Crippen LogP) is 11.0. The van der Waals surface area contributed by atoms with Crippen LogP contribution in [0.4, 0.5) is 0 Å². The molecule has 3 unspecified atom stereocenters. The molecule has 6 heteroatoms. The maximum atomic E-state index is 13.0. The third-order valence-electron chi connectivity index (χ3n) is 9.04. The molecule has 0 heterocycles. The Balaban J connectivity index is 4.67. The van der Waals surface area contributed by atoms with Gasteiger partial charge in [-0.2, -0.15) is 0 Å². The Hall–Kier alpha value is -1.92. The maximum Gasteiger partial charge on any atom is 0.306 e. The average Bonchev–Trinajstić information content (AvgIpc) is 3.07. The summed E-state index contributed by atoms with van der Waals surface area (Å²) in [6.45, 7) is 6.27. The summed E-state index contributed by atoms with van der Waals surface area (Å²) in [6.07, 6.45) is 39.3. The number of aliphatic hydroxyl groups is 2. The molecule has 3 atom stereocenters. The molecule has 0 aliphatic rings. The van der Waals surface area contributed by atoms with E-state index in [1.54, 1.807) is 0 Å². The van der Waals surface area contributed by atoms with Gasteiger partial charge in [-0.3, -0.25) is 9.59 Å². The fourth-order valence-electron chi connectivity index (χ4n) is 5.96. The number of allylic oxidation sites excluding steroid dienone is 6. The number of unbranched alkanes of at least 4 members (excludes halogenated alkanes) is 19. The molecule has 280 valence electrons. The van der Waals surface area contributed by atoms with Crippen molar-refractivity contribution < 1.29 is 24.5 Å². The lowest BCUT2D eigenvalue weighted by molar-refractivity contribution is -0.151. The van der Waals surface area contributed by atoms with E-state index >= 15 is 0 Å². The summed E-state index contributed by atoms with van der Waals surface area (Å²) >= 11 is 0. The average molecular weight is 676 g/mol. The number of hydrogen-bond donors (Lipinski definition) is 3. The molecular weight excluding hydrogens is 598 g/mol. The first-order valence-electron chi connectivity index (χ1n) is 20.2. The van der Waals surface area contributed by atoms with Crippen LogP contribution in [0.25, 0.3) is 0 Å². The van der Waals surface area contributed by atoms with Gasteiger partial charge in [0.25, 0.3) is 0 Å². The lowest BCUT2D eigenvalue weighted by atomic mass is 10.0. The van der Waals surface area contributed by atoms with Gasteiger partial charge in [0.05, 0.1) is 25.2 Å². The highest BCUT2D eigenvalue weighted by Crippen LogP contribution is 2.17. The minimum absolute atomic E-state index is 0.0563. The van der Waals surface area contributed by atoms with E-state index in [0.29, 0.717) is 19.3 Å². The van der Waals surface area contributed by atoms with Crippen molar-refractivity contribution in [2.75, 3.05) is 6.61 Å². The summed E-state index contributed by atoms with van der Waals surface area (Å²) in [4.78, 5) is 25.7. The Morgan fingerprint density at radius 1 is 0.625 bits per heavy atom. The summed E-state index contributed by atoms with van der Waals surface area (Å²) in [6, 6.07) is -0.705. The minimum atomic E-state index is -0.790. The van der Waals surface area contributed by atoms with Crippen LogP contribution >= 0.6 is 0 Å². The van der Waals surface area contributed by atoms with Crippen LogP contribution in [0, 0.1) is 0 Å². The van der Waals surface area contributed by atoms with Crippen LogP contribution in [-0.4, -0.2) is 46.9 Å². The van der Waals surface area contributed by atoms with Gasteiger partial charge in [-0.1, -0.05) is 173 Å². The lowest BCUT2D eigenvalue weighted by Crippen LogP contribution is -2.46. The molecule has 0 rings (SSSR count).